The molecule has 2 amide bonds. The maximum Gasteiger partial charge on any atom is 0.305 e. The Morgan fingerprint density at radius 2 is 1.76 bits per heavy atom. The molecule has 1 saturated heterocycles. The van der Waals surface area contributed by atoms with Gasteiger partial charge in [-0.2, -0.15) is 4.31 Å². The van der Waals surface area contributed by atoms with Gasteiger partial charge in [-0.3, -0.25) is 14.4 Å². The molecule has 1 aliphatic rings. The maximum absolute atomic E-state index is 12.8. The van der Waals surface area contributed by atoms with Crippen molar-refractivity contribution in [3.05, 3.63) is 63.4 Å². The molecule has 4 rings (SSSR count). The number of hydrogen-bond acceptors (Lipinski definition) is 6. The van der Waals surface area contributed by atoms with Gasteiger partial charge < -0.3 is 15.2 Å². The molecule has 2 N–H and O–H groups in total. The highest BCUT2D eigenvalue weighted by molar-refractivity contribution is 7.91. The molecule has 1 fully saturated rings. The zero-order chi connectivity index (χ0) is 23.6. The van der Waals surface area contributed by atoms with Gasteiger partial charge >= 0.3 is 4.87 Å². The second kappa shape index (κ2) is 9.46. The number of nitrogens with one attached hydrogen (secondary N) is 2. The first-order valence-corrected chi connectivity index (χ1v) is 12.7. The van der Waals surface area contributed by atoms with Gasteiger partial charge in [0.15, 0.2) is 4.21 Å². The second-order valence-electron chi connectivity index (χ2n) is 7.80. The molecule has 33 heavy (non-hydrogen) atoms. The smallest absolute Gasteiger partial charge is 0.305 e. The van der Waals surface area contributed by atoms with Crippen LogP contribution >= 0.6 is 11.3 Å². The Labute approximate surface area is 195 Å². The number of aromatic amines is 1. The first kappa shape index (κ1) is 23.1. The highest BCUT2D eigenvalue weighted by Crippen LogP contribution is 2.22. The van der Waals surface area contributed by atoms with Gasteiger partial charge in [0.05, 0.1) is 13.0 Å². The molecule has 2 aromatic carbocycles. The minimum Gasteiger partial charge on any atom is -0.347 e. The first-order chi connectivity index (χ1) is 15.8. The van der Waals surface area contributed by atoms with Gasteiger partial charge in [0.25, 0.3) is 10.0 Å². The van der Waals surface area contributed by atoms with E-state index in [1.165, 1.54) is 9.21 Å². The predicted molar refractivity (Wildman–Crippen MR) is 126 cm³/mol. The minimum absolute atomic E-state index is 0.00738. The number of H-pyrrole nitrogens is 1. The molecule has 174 valence electrons. The summed E-state index contributed by atoms with van der Waals surface area (Å²) >= 11 is 0.666. The lowest BCUT2D eigenvalue weighted by Gasteiger charge is -2.33. The Morgan fingerprint density at radius 1 is 1.06 bits per heavy atom. The van der Waals surface area contributed by atoms with E-state index < -0.39 is 14.9 Å². The fourth-order valence-corrected chi connectivity index (χ4v) is 6.76. The second-order valence-corrected chi connectivity index (χ2v) is 10.9. The van der Waals surface area contributed by atoms with Gasteiger partial charge in [0.1, 0.15) is 0 Å². The fraction of sp³-hybridized carbons (Fsp3) is 0.318. The van der Waals surface area contributed by atoms with E-state index >= 15 is 0 Å². The summed E-state index contributed by atoms with van der Waals surface area (Å²) in [5.74, 6) is -0.514. The zero-order valence-electron chi connectivity index (χ0n) is 18.0. The fourth-order valence-electron chi connectivity index (χ4n) is 3.90. The van der Waals surface area contributed by atoms with E-state index in [1.54, 1.807) is 6.92 Å². The molecule has 0 unspecified atom stereocenters. The molecule has 0 radical (unpaired) electrons. The number of aromatic nitrogens is 1. The van der Waals surface area contributed by atoms with Gasteiger partial charge in [-0.15, -0.1) is 0 Å². The molecule has 3 aromatic rings. The minimum atomic E-state index is -3.79. The number of benzene rings is 2. The third kappa shape index (κ3) is 5.00. The van der Waals surface area contributed by atoms with Crippen molar-refractivity contribution in [3.8, 4) is 0 Å². The molecule has 1 aromatic heterocycles. The van der Waals surface area contributed by atoms with Crippen molar-refractivity contribution in [3.63, 3.8) is 0 Å². The van der Waals surface area contributed by atoms with Crippen molar-refractivity contribution >= 4 is 43.9 Å². The molecule has 2 heterocycles. The largest absolute Gasteiger partial charge is 0.347 e. The quantitative estimate of drug-likeness (QED) is 0.538. The number of amides is 2. The van der Waals surface area contributed by atoms with Gasteiger partial charge in [0, 0.05) is 31.9 Å². The summed E-state index contributed by atoms with van der Waals surface area (Å²) in [6.07, 6.45) is 0.166. The monoisotopic (exact) mass is 488 g/mol. The number of fused-ring (bicyclic) bond motifs is 1. The van der Waals surface area contributed by atoms with Crippen molar-refractivity contribution in [1.82, 2.24) is 19.5 Å². The summed E-state index contributed by atoms with van der Waals surface area (Å²) in [5.41, 5.74) is 1.21. The van der Waals surface area contributed by atoms with Crippen molar-refractivity contribution in [2.75, 3.05) is 32.7 Å². The van der Waals surface area contributed by atoms with Crippen LogP contribution in [0.2, 0.25) is 0 Å². The molecule has 11 heteroatoms. The number of hydrogen-bond donors (Lipinski definition) is 2. The van der Waals surface area contributed by atoms with E-state index in [9.17, 15) is 22.8 Å². The Bertz CT molecular complexity index is 1350. The summed E-state index contributed by atoms with van der Waals surface area (Å²) in [7, 11) is -3.79. The van der Waals surface area contributed by atoms with Crippen LogP contribution in [-0.4, -0.2) is 67.1 Å². The number of nitrogens with zero attached hydrogens (tertiary/aromatic N) is 2. The number of carbonyl (C=O) groups is 2. The van der Waals surface area contributed by atoms with Crippen molar-refractivity contribution < 1.29 is 18.0 Å². The van der Waals surface area contributed by atoms with E-state index in [2.05, 4.69) is 10.3 Å². The molecule has 0 atom stereocenters. The van der Waals surface area contributed by atoms with Crippen molar-refractivity contribution in [2.24, 2.45) is 0 Å². The third-order valence-electron chi connectivity index (χ3n) is 5.61. The zero-order valence-corrected chi connectivity index (χ0v) is 19.7. The SMILES string of the molecule is Cc1[nH]c(=O)sc1S(=O)(=O)N1CCN(C(=O)CNC(=O)Cc2cccc3ccccc23)CC1. The van der Waals surface area contributed by atoms with Gasteiger partial charge in [0.2, 0.25) is 11.8 Å². The van der Waals surface area contributed by atoms with Crippen LogP contribution in [0.15, 0.2) is 51.5 Å². The van der Waals surface area contributed by atoms with E-state index in [0.717, 1.165) is 16.3 Å². The van der Waals surface area contributed by atoms with Crippen LogP contribution in [-0.2, 0) is 26.0 Å². The molecular weight excluding hydrogens is 464 g/mol. The number of aryl methyl sites for hydroxylation is 1. The van der Waals surface area contributed by atoms with Crippen LogP contribution < -0.4 is 10.2 Å². The molecule has 0 saturated carbocycles. The van der Waals surface area contributed by atoms with Crippen molar-refractivity contribution in [1.29, 1.82) is 0 Å². The first-order valence-electron chi connectivity index (χ1n) is 10.5. The number of sulfonamides is 1. The maximum atomic E-state index is 12.8. The van der Waals surface area contributed by atoms with Gasteiger partial charge in [-0.25, -0.2) is 8.42 Å². The summed E-state index contributed by atoms with van der Waals surface area (Å²) < 4.78 is 26.9. The van der Waals surface area contributed by atoms with E-state index in [0.29, 0.717) is 17.0 Å². The third-order valence-corrected chi connectivity index (χ3v) is 9.10. The van der Waals surface area contributed by atoms with E-state index in [1.807, 2.05) is 42.5 Å². The highest BCUT2D eigenvalue weighted by atomic mass is 32.2. The molecule has 0 aliphatic carbocycles. The Hall–Kier alpha value is -3.02. The predicted octanol–water partition coefficient (Wildman–Crippen LogP) is 1.09. The molecule has 0 spiro atoms. The van der Waals surface area contributed by atoms with E-state index in [4.69, 9.17) is 0 Å². The van der Waals surface area contributed by atoms with Crippen LogP contribution in [0.5, 0.6) is 0 Å². The van der Waals surface area contributed by atoms with Crippen LogP contribution in [0.4, 0.5) is 0 Å². The van der Waals surface area contributed by atoms with Crippen LogP contribution in [0.3, 0.4) is 0 Å². The molecule has 0 bridgehead atoms. The van der Waals surface area contributed by atoms with Crippen LogP contribution in [0.25, 0.3) is 10.8 Å². The molecule has 9 nitrogen and oxygen atoms in total. The van der Waals surface area contributed by atoms with Crippen LogP contribution in [0, 0.1) is 6.92 Å². The van der Waals surface area contributed by atoms with Crippen LogP contribution in [0.1, 0.15) is 11.3 Å². The normalized spacial score (nSPS) is 15.0. The number of piperazine rings is 1. The molecular formula is C22H24N4O5S2. The average Bonchev–Trinajstić information content (AvgIpc) is 3.16. The summed E-state index contributed by atoms with van der Waals surface area (Å²) in [6.45, 7) is 2.10. The average molecular weight is 489 g/mol. The van der Waals surface area contributed by atoms with Gasteiger partial charge in [-0.1, -0.05) is 53.8 Å². The Morgan fingerprint density at radius 3 is 2.45 bits per heavy atom. The summed E-state index contributed by atoms with van der Waals surface area (Å²) in [4.78, 5) is 40.1. The molecule has 1 aliphatic heterocycles. The Kier molecular flexibility index (Phi) is 6.63. The summed E-state index contributed by atoms with van der Waals surface area (Å²) in [5, 5.41) is 4.72. The van der Waals surface area contributed by atoms with E-state index in [-0.39, 0.29) is 55.2 Å². The topological polar surface area (TPSA) is 120 Å². The Balaban J connectivity index is 1.30. The lowest BCUT2D eigenvalue weighted by atomic mass is 10.0. The van der Waals surface area contributed by atoms with Crippen molar-refractivity contribution in [2.45, 2.75) is 17.6 Å². The lowest BCUT2D eigenvalue weighted by Crippen LogP contribution is -2.52. The lowest BCUT2D eigenvalue weighted by molar-refractivity contribution is -0.133. The number of thiazole rings is 1. The van der Waals surface area contributed by atoms with Gasteiger partial charge in [-0.05, 0) is 23.3 Å². The summed E-state index contributed by atoms with van der Waals surface area (Å²) in [6, 6.07) is 13.6. The standard InChI is InChI=1S/C22H24N4O5S2/c1-15-21(32-22(29)24-15)33(30,31)26-11-9-25(10-12-26)20(28)14-23-19(27)13-17-7-4-6-16-5-2-3-8-18(16)17/h2-8H,9-14H2,1H3,(H,23,27)(H,24,29). The number of rotatable bonds is 6. The number of carbonyl (C=O) groups excluding carboxylic acids is 2. The highest BCUT2D eigenvalue weighted by Gasteiger charge is 2.32.